The van der Waals surface area contributed by atoms with Crippen molar-refractivity contribution in [1.82, 2.24) is 4.90 Å². The fourth-order valence-electron chi connectivity index (χ4n) is 3.22. The predicted octanol–water partition coefficient (Wildman–Crippen LogP) is 4.43. The molecule has 1 saturated heterocycles. The van der Waals surface area contributed by atoms with Gasteiger partial charge < -0.3 is 4.90 Å². The Bertz CT molecular complexity index is 375. The van der Waals surface area contributed by atoms with Crippen LogP contribution in [0.5, 0.6) is 0 Å². The van der Waals surface area contributed by atoms with Gasteiger partial charge in [-0.1, -0.05) is 34.5 Å². The molecule has 98 valence electrons. The van der Waals surface area contributed by atoms with Gasteiger partial charge in [0.05, 0.1) is 0 Å². The Morgan fingerprint density at radius 1 is 1.00 bits per heavy atom. The number of halogens is 1. The molecule has 0 unspecified atom stereocenters. The molecule has 2 fully saturated rings. The van der Waals surface area contributed by atoms with Crippen LogP contribution in [0.15, 0.2) is 28.7 Å². The third-order valence-electron chi connectivity index (χ3n) is 4.67. The molecular weight excluding hydrogens is 286 g/mol. The van der Waals surface area contributed by atoms with Crippen molar-refractivity contribution >= 4 is 15.9 Å². The summed E-state index contributed by atoms with van der Waals surface area (Å²) in [5.41, 5.74) is 1.53. The highest BCUT2D eigenvalue weighted by Crippen LogP contribution is 2.32. The molecule has 0 spiro atoms. The fourth-order valence-corrected chi connectivity index (χ4v) is 3.49. The smallest absolute Gasteiger partial charge is 0.0175 e. The lowest BCUT2D eigenvalue weighted by Gasteiger charge is -2.37. The second-order valence-electron chi connectivity index (χ2n) is 5.92. The average Bonchev–Trinajstić information content (AvgIpc) is 2.36. The molecule has 1 aliphatic carbocycles. The van der Waals surface area contributed by atoms with Gasteiger partial charge in [-0.05, 0) is 68.3 Å². The van der Waals surface area contributed by atoms with E-state index in [1.165, 1.54) is 61.8 Å². The van der Waals surface area contributed by atoms with E-state index < -0.39 is 0 Å². The van der Waals surface area contributed by atoms with Crippen LogP contribution in [0.1, 0.15) is 43.6 Å². The minimum atomic E-state index is 0.788. The van der Waals surface area contributed by atoms with Gasteiger partial charge in [-0.3, -0.25) is 0 Å². The van der Waals surface area contributed by atoms with Gasteiger partial charge >= 0.3 is 0 Å². The van der Waals surface area contributed by atoms with Crippen LogP contribution in [-0.4, -0.2) is 24.5 Å². The average molecular weight is 308 g/mol. The van der Waals surface area contributed by atoms with Gasteiger partial charge in [-0.2, -0.15) is 0 Å². The molecule has 0 amide bonds. The summed E-state index contributed by atoms with van der Waals surface area (Å²) in [6, 6.07) is 8.93. The van der Waals surface area contributed by atoms with E-state index in [1.807, 2.05) is 0 Å². The highest BCUT2D eigenvalue weighted by atomic mass is 79.9. The minimum Gasteiger partial charge on any atom is -0.303 e. The van der Waals surface area contributed by atoms with Crippen molar-refractivity contribution in [1.29, 1.82) is 0 Å². The van der Waals surface area contributed by atoms with Crippen molar-refractivity contribution < 1.29 is 0 Å². The summed E-state index contributed by atoms with van der Waals surface area (Å²) < 4.78 is 1.19. The number of likely N-dealkylation sites (tertiary alicyclic amines) is 1. The van der Waals surface area contributed by atoms with Crippen LogP contribution in [0.3, 0.4) is 0 Å². The molecule has 2 aliphatic rings. The highest BCUT2D eigenvalue weighted by molar-refractivity contribution is 9.10. The molecule has 3 rings (SSSR count). The highest BCUT2D eigenvalue weighted by Gasteiger charge is 2.25. The van der Waals surface area contributed by atoms with Gasteiger partial charge in [0.25, 0.3) is 0 Å². The second-order valence-corrected chi connectivity index (χ2v) is 6.84. The van der Waals surface area contributed by atoms with E-state index in [2.05, 4.69) is 45.1 Å². The normalized spacial score (nSPS) is 22.9. The van der Waals surface area contributed by atoms with Crippen LogP contribution >= 0.6 is 15.9 Å². The van der Waals surface area contributed by atoms with Gasteiger partial charge in [0.1, 0.15) is 0 Å². The van der Waals surface area contributed by atoms with Crippen LogP contribution < -0.4 is 0 Å². The molecule has 0 bridgehead atoms. The van der Waals surface area contributed by atoms with Crippen molar-refractivity contribution in [3.63, 3.8) is 0 Å². The number of rotatable bonds is 3. The molecule has 1 saturated carbocycles. The summed E-state index contributed by atoms with van der Waals surface area (Å²) in [6.45, 7) is 3.97. The molecule has 0 atom stereocenters. The first kappa shape index (κ1) is 12.7. The molecule has 2 heteroatoms. The van der Waals surface area contributed by atoms with Gasteiger partial charge in [-0.25, -0.2) is 0 Å². The molecule has 1 heterocycles. The summed E-state index contributed by atoms with van der Waals surface area (Å²) in [4.78, 5) is 2.69. The maximum Gasteiger partial charge on any atom is 0.0175 e. The van der Waals surface area contributed by atoms with Crippen LogP contribution in [0, 0.1) is 5.92 Å². The molecule has 0 radical (unpaired) electrons. The Morgan fingerprint density at radius 2 is 1.67 bits per heavy atom. The first-order valence-electron chi connectivity index (χ1n) is 7.29. The van der Waals surface area contributed by atoms with E-state index in [0.29, 0.717) is 0 Å². The quantitative estimate of drug-likeness (QED) is 0.798. The topological polar surface area (TPSA) is 3.24 Å². The molecule has 1 aromatic rings. The number of piperidine rings is 1. The molecule has 1 aromatic carbocycles. The Kier molecular flexibility index (Phi) is 4.05. The van der Waals surface area contributed by atoms with E-state index in [1.54, 1.807) is 0 Å². The Hall–Kier alpha value is -0.340. The van der Waals surface area contributed by atoms with Gasteiger partial charge in [-0.15, -0.1) is 0 Å². The van der Waals surface area contributed by atoms with Crippen molar-refractivity contribution in [2.24, 2.45) is 5.92 Å². The largest absolute Gasteiger partial charge is 0.303 e. The van der Waals surface area contributed by atoms with E-state index in [9.17, 15) is 0 Å². The van der Waals surface area contributed by atoms with Gasteiger partial charge in [0.15, 0.2) is 0 Å². The number of benzene rings is 1. The van der Waals surface area contributed by atoms with E-state index >= 15 is 0 Å². The zero-order valence-corrected chi connectivity index (χ0v) is 12.5. The SMILES string of the molecule is Brc1ccc(C2CCN(CC3CCC3)CC2)cc1. The van der Waals surface area contributed by atoms with E-state index in [4.69, 9.17) is 0 Å². The molecule has 0 N–H and O–H groups in total. The number of hydrogen-bond acceptors (Lipinski definition) is 1. The zero-order valence-electron chi connectivity index (χ0n) is 10.9. The summed E-state index contributed by atoms with van der Waals surface area (Å²) in [5, 5.41) is 0. The standard InChI is InChI=1S/C16H22BrN/c17-16-6-4-14(5-7-16)15-8-10-18(11-9-15)12-13-2-1-3-13/h4-7,13,15H,1-3,8-12H2. The minimum absolute atomic E-state index is 0.788. The van der Waals surface area contributed by atoms with Crippen LogP contribution in [0.4, 0.5) is 0 Å². The number of nitrogens with zero attached hydrogens (tertiary/aromatic N) is 1. The lowest BCUT2D eigenvalue weighted by atomic mass is 9.83. The van der Waals surface area contributed by atoms with Crippen LogP contribution in [0.25, 0.3) is 0 Å². The summed E-state index contributed by atoms with van der Waals surface area (Å²) in [7, 11) is 0. The van der Waals surface area contributed by atoms with Crippen molar-refractivity contribution in [2.75, 3.05) is 19.6 Å². The number of hydrogen-bond donors (Lipinski definition) is 0. The van der Waals surface area contributed by atoms with E-state index in [0.717, 1.165) is 11.8 Å². The molecule has 1 aliphatic heterocycles. The lowest BCUT2D eigenvalue weighted by Crippen LogP contribution is -2.38. The third-order valence-corrected chi connectivity index (χ3v) is 5.20. The molecular formula is C16H22BrN. The first-order valence-corrected chi connectivity index (χ1v) is 8.08. The van der Waals surface area contributed by atoms with Crippen molar-refractivity contribution in [3.05, 3.63) is 34.3 Å². The maximum absolute atomic E-state index is 3.51. The Morgan fingerprint density at radius 3 is 2.22 bits per heavy atom. The second kappa shape index (κ2) is 5.75. The maximum atomic E-state index is 3.51. The lowest BCUT2D eigenvalue weighted by molar-refractivity contribution is 0.147. The summed E-state index contributed by atoms with van der Waals surface area (Å²) >= 11 is 3.51. The molecule has 0 aromatic heterocycles. The fraction of sp³-hybridized carbons (Fsp3) is 0.625. The Labute approximate surface area is 119 Å². The summed E-state index contributed by atoms with van der Waals surface area (Å²) in [5.74, 6) is 1.81. The predicted molar refractivity (Wildman–Crippen MR) is 79.9 cm³/mol. The van der Waals surface area contributed by atoms with Gasteiger partial charge in [0, 0.05) is 11.0 Å². The van der Waals surface area contributed by atoms with Crippen LogP contribution in [0.2, 0.25) is 0 Å². The van der Waals surface area contributed by atoms with E-state index in [-0.39, 0.29) is 0 Å². The monoisotopic (exact) mass is 307 g/mol. The Balaban J connectivity index is 1.51. The van der Waals surface area contributed by atoms with Crippen molar-refractivity contribution in [3.8, 4) is 0 Å². The third kappa shape index (κ3) is 2.97. The van der Waals surface area contributed by atoms with Gasteiger partial charge in [0.2, 0.25) is 0 Å². The molecule has 1 nitrogen and oxygen atoms in total. The zero-order chi connectivity index (χ0) is 12.4. The van der Waals surface area contributed by atoms with Crippen LogP contribution in [-0.2, 0) is 0 Å². The molecule has 18 heavy (non-hydrogen) atoms. The first-order chi connectivity index (χ1) is 8.81. The van der Waals surface area contributed by atoms with Crippen molar-refractivity contribution in [2.45, 2.75) is 38.0 Å². The summed E-state index contributed by atoms with van der Waals surface area (Å²) in [6.07, 6.45) is 7.11.